The standard InChI is InChI=1S/C42H55N7O7S/c1-7-24-20-42(24,38(52)53)48-36(50)32-17-27(21-49(32)37(51)35(41(3,4)5)47-39(54)43-25-12-8-9-13-25)56-34-19-30(45-29-18-33(55-6)23(2)16-28(29)34)31-22-57-40(46-31)44-26-14-10-11-15-26/h7,16,18-19,22,24-27,32,35H,1,8-15,17,20-21H2,2-6H3,(H,44,46)(H,48,50)(H,52,53)(H2,43,47,54)/t24-,27-,32+,35-,42-/m1/s1. The molecule has 4 amide bonds. The summed E-state index contributed by atoms with van der Waals surface area (Å²) in [5, 5.41) is 25.9. The Bertz CT molecular complexity index is 2040. The van der Waals surface area contributed by atoms with Crippen LogP contribution in [0, 0.1) is 18.3 Å². The average Bonchev–Trinajstić information content (AvgIpc) is 3.80. The first-order valence-electron chi connectivity index (χ1n) is 20.1. The maximum absolute atomic E-state index is 14.7. The Labute approximate surface area is 337 Å². The SMILES string of the molecule is C=C[C@@H]1C[C@]1(NC(=O)[C@@H]1C[C@@H](Oc2cc(-c3csc(NC4CCCC4)n3)nc3cc(OC)c(C)cc23)CN1C(=O)[C@@H](NC(=O)NC1CCCC1)C(C)(C)C)C(=O)O. The van der Waals surface area contributed by atoms with Gasteiger partial charge in [0.2, 0.25) is 11.8 Å². The fourth-order valence-corrected chi connectivity index (χ4v) is 9.38. The molecule has 4 fully saturated rings. The van der Waals surface area contributed by atoms with E-state index in [9.17, 15) is 24.3 Å². The molecule has 1 saturated heterocycles. The van der Waals surface area contributed by atoms with Gasteiger partial charge in [-0.15, -0.1) is 17.9 Å². The number of hydrogen-bond acceptors (Lipinski definition) is 10. The van der Waals surface area contributed by atoms with Crippen molar-refractivity contribution < 1.29 is 33.8 Å². The zero-order valence-corrected chi connectivity index (χ0v) is 34.3. The zero-order chi connectivity index (χ0) is 40.6. The van der Waals surface area contributed by atoms with Crippen molar-refractivity contribution in [3.8, 4) is 22.9 Å². The fraction of sp³-hybridized carbons (Fsp3) is 0.571. The minimum atomic E-state index is -1.50. The molecule has 2 aromatic heterocycles. The van der Waals surface area contributed by atoms with Crippen LogP contribution in [0.15, 0.2) is 36.2 Å². The molecule has 0 spiro atoms. The molecule has 1 aromatic carbocycles. The lowest BCUT2D eigenvalue weighted by atomic mass is 9.85. The third-order valence-electron chi connectivity index (χ3n) is 12.0. The van der Waals surface area contributed by atoms with E-state index < -0.39 is 58.9 Å². The maximum atomic E-state index is 14.7. The molecule has 5 atom stereocenters. The van der Waals surface area contributed by atoms with Crippen LogP contribution < -0.4 is 30.7 Å². The van der Waals surface area contributed by atoms with Crippen LogP contribution in [-0.2, 0) is 14.4 Å². The number of methoxy groups -OCH3 is 1. The molecule has 57 heavy (non-hydrogen) atoms. The number of anilines is 1. The number of carboxylic acid groups (broad SMARTS) is 1. The van der Waals surface area contributed by atoms with E-state index in [0.29, 0.717) is 34.4 Å². The van der Waals surface area contributed by atoms with Crippen LogP contribution in [0.3, 0.4) is 0 Å². The highest BCUT2D eigenvalue weighted by molar-refractivity contribution is 7.14. The molecule has 3 aromatic rings. The number of hydrogen-bond donors (Lipinski definition) is 5. The summed E-state index contributed by atoms with van der Waals surface area (Å²) in [6.07, 6.45) is 9.61. The van der Waals surface area contributed by atoms with Gasteiger partial charge in [0.1, 0.15) is 40.9 Å². The first-order valence-corrected chi connectivity index (χ1v) is 21.0. The Morgan fingerprint density at radius 2 is 1.72 bits per heavy atom. The minimum Gasteiger partial charge on any atom is -0.496 e. The number of carbonyl (C=O) groups is 4. The third kappa shape index (κ3) is 8.53. The van der Waals surface area contributed by atoms with Crippen LogP contribution in [0.5, 0.6) is 11.5 Å². The molecule has 3 aliphatic carbocycles. The molecule has 15 heteroatoms. The first kappa shape index (κ1) is 40.3. The monoisotopic (exact) mass is 801 g/mol. The number of ether oxygens (including phenoxy) is 2. The van der Waals surface area contributed by atoms with Crippen molar-refractivity contribution in [1.29, 1.82) is 0 Å². The van der Waals surface area contributed by atoms with Crippen molar-refractivity contribution >= 4 is 51.2 Å². The number of carboxylic acids is 1. The van der Waals surface area contributed by atoms with Crippen LogP contribution in [0.2, 0.25) is 0 Å². The van der Waals surface area contributed by atoms with E-state index in [4.69, 9.17) is 19.4 Å². The van der Waals surface area contributed by atoms with E-state index in [1.165, 1.54) is 35.2 Å². The second-order valence-electron chi connectivity index (χ2n) is 17.2. The van der Waals surface area contributed by atoms with Crippen LogP contribution >= 0.6 is 11.3 Å². The Morgan fingerprint density at radius 1 is 1.02 bits per heavy atom. The predicted molar refractivity (Wildman–Crippen MR) is 219 cm³/mol. The molecule has 4 aliphatic rings. The van der Waals surface area contributed by atoms with Crippen LogP contribution in [0.1, 0.15) is 90.5 Å². The second kappa shape index (κ2) is 16.1. The summed E-state index contributed by atoms with van der Waals surface area (Å²) in [6, 6.07) is 3.57. The van der Waals surface area contributed by atoms with Gasteiger partial charge in [0.05, 0.1) is 24.9 Å². The van der Waals surface area contributed by atoms with E-state index in [2.05, 4.69) is 27.8 Å². The lowest BCUT2D eigenvalue weighted by Crippen LogP contribution is -2.60. The average molecular weight is 802 g/mol. The topological polar surface area (TPSA) is 184 Å². The number of amides is 4. The van der Waals surface area contributed by atoms with E-state index >= 15 is 0 Å². The van der Waals surface area contributed by atoms with Crippen molar-refractivity contribution in [2.45, 2.75) is 128 Å². The molecule has 14 nitrogen and oxygen atoms in total. The second-order valence-corrected chi connectivity index (χ2v) is 18.1. The predicted octanol–water partition coefficient (Wildman–Crippen LogP) is 6.18. The van der Waals surface area contributed by atoms with E-state index in [0.717, 1.165) is 54.6 Å². The molecule has 0 bridgehead atoms. The number of carbonyl (C=O) groups excluding carboxylic acids is 3. The molecule has 0 unspecified atom stereocenters. The van der Waals surface area contributed by atoms with Crippen molar-refractivity contribution in [1.82, 2.24) is 30.8 Å². The van der Waals surface area contributed by atoms with Gasteiger partial charge in [-0.05, 0) is 56.1 Å². The maximum Gasteiger partial charge on any atom is 0.330 e. The number of nitrogens with one attached hydrogen (secondary N) is 4. The number of fused-ring (bicyclic) bond motifs is 1. The van der Waals surface area contributed by atoms with Crippen molar-refractivity contribution in [3.63, 3.8) is 0 Å². The van der Waals surface area contributed by atoms with Gasteiger partial charge in [-0.3, -0.25) is 9.59 Å². The molecular formula is C42H55N7O7S. The normalized spacial score (nSPS) is 24.2. The summed E-state index contributed by atoms with van der Waals surface area (Å²) in [4.78, 5) is 65.9. The molecule has 1 aliphatic heterocycles. The molecular weight excluding hydrogens is 747 g/mol. The summed E-state index contributed by atoms with van der Waals surface area (Å²) < 4.78 is 12.4. The van der Waals surface area contributed by atoms with E-state index in [1.807, 2.05) is 51.3 Å². The third-order valence-corrected chi connectivity index (χ3v) is 12.8. The highest BCUT2D eigenvalue weighted by atomic mass is 32.1. The van der Waals surface area contributed by atoms with Crippen LogP contribution in [0.4, 0.5) is 9.93 Å². The van der Waals surface area contributed by atoms with Gasteiger partial charge in [0.25, 0.3) is 0 Å². The Kier molecular flexibility index (Phi) is 11.4. The van der Waals surface area contributed by atoms with Gasteiger partial charge in [-0.2, -0.15) is 0 Å². The number of nitrogens with zero attached hydrogens (tertiary/aromatic N) is 3. The number of aliphatic carboxylic acids is 1. The number of aromatic nitrogens is 2. The van der Waals surface area contributed by atoms with Crippen LogP contribution in [-0.4, -0.2) is 93.3 Å². The fourth-order valence-electron chi connectivity index (χ4n) is 8.60. The van der Waals surface area contributed by atoms with Gasteiger partial charge in [0.15, 0.2) is 5.13 Å². The zero-order valence-electron chi connectivity index (χ0n) is 33.5. The summed E-state index contributed by atoms with van der Waals surface area (Å²) >= 11 is 1.52. The Balaban J connectivity index is 1.20. The molecule has 306 valence electrons. The number of urea groups is 1. The van der Waals surface area contributed by atoms with E-state index in [1.54, 1.807) is 7.11 Å². The molecule has 3 heterocycles. The number of benzene rings is 1. The lowest BCUT2D eigenvalue weighted by molar-refractivity contribution is -0.146. The van der Waals surface area contributed by atoms with Crippen molar-refractivity contribution in [2.24, 2.45) is 11.3 Å². The molecule has 5 N–H and O–H groups in total. The Hall–Kier alpha value is -4.92. The molecule has 0 radical (unpaired) electrons. The van der Waals surface area contributed by atoms with E-state index in [-0.39, 0.29) is 25.4 Å². The Morgan fingerprint density at radius 3 is 2.35 bits per heavy atom. The van der Waals surface area contributed by atoms with Crippen molar-refractivity contribution in [3.05, 3.63) is 41.8 Å². The highest BCUT2D eigenvalue weighted by Gasteiger charge is 2.61. The van der Waals surface area contributed by atoms with Gasteiger partial charge in [-0.25, -0.2) is 19.6 Å². The first-order chi connectivity index (χ1) is 27.2. The number of pyridine rings is 1. The minimum absolute atomic E-state index is 0.0147. The van der Waals surface area contributed by atoms with Gasteiger partial charge in [-0.1, -0.05) is 52.5 Å². The lowest BCUT2D eigenvalue weighted by Gasteiger charge is -2.35. The van der Waals surface area contributed by atoms with Gasteiger partial charge in [0, 0.05) is 47.3 Å². The van der Waals surface area contributed by atoms with Gasteiger partial charge >= 0.3 is 12.0 Å². The largest absolute Gasteiger partial charge is 0.496 e. The summed E-state index contributed by atoms with van der Waals surface area (Å²) in [6.45, 7) is 11.3. The number of rotatable bonds is 13. The van der Waals surface area contributed by atoms with Crippen LogP contribution in [0.25, 0.3) is 22.3 Å². The van der Waals surface area contributed by atoms with Gasteiger partial charge < -0.3 is 40.7 Å². The summed E-state index contributed by atoms with van der Waals surface area (Å²) in [5.41, 5.74) is 0.543. The number of thiazole rings is 1. The smallest absolute Gasteiger partial charge is 0.330 e. The number of likely N-dealkylation sites (tertiary alicyclic amines) is 1. The molecule has 3 saturated carbocycles. The van der Waals surface area contributed by atoms with Crippen molar-refractivity contribution in [2.75, 3.05) is 19.0 Å². The quantitative estimate of drug-likeness (QED) is 0.125. The molecule has 7 rings (SSSR count). The highest BCUT2D eigenvalue weighted by Crippen LogP contribution is 2.45. The summed E-state index contributed by atoms with van der Waals surface area (Å²) in [5.74, 6) is -1.50. The summed E-state index contributed by atoms with van der Waals surface area (Å²) in [7, 11) is 1.61. The number of aryl methyl sites for hydroxylation is 1.